The Morgan fingerprint density at radius 3 is 2.67 bits per heavy atom. The average molecular weight is 314 g/mol. The minimum Gasteiger partial charge on any atom is -0.481 e. The largest absolute Gasteiger partial charge is 0.481 e. The van der Waals surface area contributed by atoms with Crippen LogP contribution in [0.1, 0.15) is 19.4 Å². The van der Waals surface area contributed by atoms with Crippen LogP contribution >= 0.6 is 11.6 Å². The van der Waals surface area contributed by atoms with Gasteiger partial charge in [-0.3, -0.25) is 9.59 Å². The van der Waals surface area contributed by atoms with E-state index in [0.29, 0.717) is 6.54 Å². The van der Waals surface area contributed by atoms with Gasteiger partial charge in [0.25, 0.3) is 0 Å². The number of carbonyl (C=O) groups excluding carboxylic acids is 1. The number of likely N-dealkylation sites (N-methyl/N-ethyl adjacent to an activating group) is 1. The maximum atomic E-state index is 13.6. The van der Waals surface area contributed by atoms with Crippen LogP contribution < -0.4 is 0 Å². The first-order valence-electron chi connectivity index (χ1n) is 6.50. The number of rotatable bonds is 6. The first kappa shape index (κ1) is 17.2. The van der Waals surface area contributed by atoms with Crippen molar-refractivity contribution in [3.05, 3.63) is 40.7 Å². The molecule has 1 aromatic rings. The van der Waals surface area contributed by atoms with Gasteiger partial charge in [0, 0.05) is 24.7 Å². The number of halogens is 2. The molecule has 0 spiro atoms. The van der Waals surface area contributed by atoms with Crippen LogP contribution in [0.3, 0.4) is 0 Å². The van der Waals surface area contributed by atoms with Crippen molar-refractivity contribution in [3.63, 3.8) is 0 Å². The van der Waals surface area contributed by atoms with E-state index in [1.165, 1.54) is 42.2 Å². The summed E-state index contributed by atoms with van der Waals surface area (Å²) in [6.07, 6.45) is 2.50. The van der Waals surface area contributed by atoms with E-state index in [-0.39, 0.29) is 23.0 Å². The second-order valence-corrected chi connectivity index (χ2v) is 4.99. The Morgan fingerprint density at radius 2 is 2.14 bits per heavy atom. The molecule has 0 fully saturated rings. The highest BCUT2D eigenvalue weighted by molar-refractivity contribution is 6.32. The molecule has 1 unspecified atom stereocenters. The van der Waals surface area contributed by atoms with Crippen LogP contribution in [0.25, 0.3) is 6.08 Å². The molecule has 0 radical (unpaired) electrons. The van der Waals surface area contributed by atoms with Crippen molar-refractivity contribution in [1.29, 1.82) is 0 Å². The Morgan fingerprint density at radius 1 is 1.48 bits per heavy atom. The first-order chi connectivity index (χ1) is 9.86. The van der Waals surface area contributed by atoms with Crippen LogP contribution in [-0.4, -0.2) is 35.0 Å². The van der Waals surface area contributed by atoms with Crippen molar-refractivity contribution < 1.29 is 19.1 Å². The van der Waals surface area contributed by atoms with Crippen molar-refractivity contribution >= 4 is 29.6 Å². The summed E-state index contributed by atoms with van der Waals surface area (Å²) >= 11 is 5.86. The zero-order valence-electron chi connectivity index (χ0n) is 11.8. The Labute approximate surface area is 127 Å². The molecule has 0 aromatic heterocycles. The van der Waals surface area contributed by atoms with Gasteiger partial charge in [0.1, 0.15) is 5.82 Å². The number of carbonyl (C=O) groups is 2. The molecule has 0 aliphatic carbocycles. The van der Waals surface area contributed by atoms with Crippen molar-refractivity contribution in [1.82, 2.24) is 4.90 Å². The number of nitrogens with zero attached hydrogens (tertiary/aromatic N) is 1. The molecule has 0 saturated carbocycles. The minimum absolute atomic E-state index is 0.0972. The van der Waals surface area contributed by atoms with Crippen LogP contribution in [0.2, 0.25) is 5.02 Å². The number of carboxylic acid groups (broad SMARTS) is 1. The highest BCUT2D eigenvalue weighted by Gasteiger charge is 2.17. The van der Waals surface area contributed by atoms with E-state index in [2.05, 4.69) is 0 Å². The number of amides is 1. The number of hydrogen-bond acceptors (Lipinski definition) is 2. The van der Waals surface area contributed by atoms with Crippen molar-refractivity contribution in [2.75, 3.05) is 13.1 Å². The molecule has 1 atom stereocenters. The van der Waals surface area contributed by atoms with Gasteiger partial charge in [-0.2, -0.15) is 0 Å². The van der Waals surface area contributed by atoms with Gasteiger partial charge in [0.05, 0.1) is 10.9 Å². The van der Waals surface area contributed by atoms with Gasteiger partial charge in [-0.15, -0.1) is 0 Å². The number of carboxylic acids is 1. The number of hydrogen-bond donors (Lipinski definition) is 1. The molecule has 0 bridgehead atoms. The monoisotopic (exact) mass is 313 g/mol. The third-order valence-electron chi connectivity index (χ3n) is 3.00. The van der Waals surface area contributed by atoms with Gasteiger partial charge < -0.3 is 10.0 Å². The third kappa shape index (κ3) is 4.86. The summed E-state index contributed by atoms with van der Waals surface area (Å²) in [7, 11) is 0. The highest BCUT2D eigenvalue weighted by Crippen LogP contribution is 2.20. The van der Waals surface area contributed by atoms with Gasteiger partial charge in [-0.1, -0.05) is 24.6 Å². The van der Waals surface area contributed by atoms with E-state index in [4.69, 9.17) is 16.7 Å². The van der Waals surface area contributed by atoms with E-state index in [1.807, 2.05) is 0 Å². The van der Waals surface area contributed by atoms with Crippen molar-refractivity contribution in [2.45, 2.75) is 13.8 Å². The zero-order valence-corrected chi connectivity index (χ0v) is 12.6. The average Bonchev–Trinajstić information content (AvgIpc) is 2.43. The summed E-state index contributed by atoms with van der Waals surface area (Å²) in [6.45, 7) is 3.73. The Kier molecular flexibility index (Phi) is 6.37. The van der Waals surface area contributed by atoms with Gasteiger partial charge >= 0.3 is 5.97 Å². The normalized spacial score (nSPS) is 12.4. The summed E-state index contributed by atoms with van der Waals surface area (Å²) < 4.78 is 13.6. The lowest BCUT2D eigenvalue weighted by atomic mass is 10.1. The van der Waals surface area contributed by atoms with E-state index in [9.17, 15) is 14.0 Å². The number of benzene rings is 1. The predicted octanol–water partition coefficient (Wildman–Crippen LogP) is 3.06. The molecule has 0 saturated heterocycles. The Hall–Kier alpha value is -1.88. The van der Waals surface area contributed by atoms with E-state index in [1.54, 1.807) is 6.92 Å². The van der Waals surface area contributed by atoms with Crippen LogP contribution in [0, 0.1) is 11.7 Å². The maximum Gasteiger partial charge on any atom is 0.308 e. The van der Waals surface area contributed by atoms with E-state index < -0.39 is 17.7 Å². The molecular weight excluding hydrogens is 297 g/mol. The molecule has 0 aliphatic heterocycles. The lowest BCUT2D eigenvalue weighted by molar-refractivity contribution is -0.142. The molecule has 114 valence electrons. The van der Waals surface area contributed by atoms with Crippen molar-refractivity contribution in [2.24, 2.45) is 5.92 Å². The second kappa shape index (κ2) is 7.78. The Balaban J connectivity index is 2.83. The second-order valence-electron chi connectivity index (χ2n) is 4.58. The van der Waals surface area contributed by atoms with E-state index >= 15 is 0 Å². The predicted molar refractivity (Wildman–Crippen MR) is 79.5 cm³/mol. The van der Waals surface area contributed by atoms with Crippen LogP contribution in [0.4, 0.5) is 4.39 Å². The maximum absolute atomic E-state index is 13.6. The molecule has 0 aliphatic rings. The molecule has 1 N–H and O–H groups in total. The van der Waals surface area contributed by atoms with Crippen LogP contribution in [0.5, 0.6) is 0 Å². The fourth-order valence-corrected chi connectivity index (χ4v) is 1.94. The molecule has 0 heterocycles. The summed E-state index contributed by atoms with van der Waals surface area (Å²) in [5.41, 5.74) is 0.134. The third-order valence-corrected chi connectivity index (χ3v) is 3.33. The quantitative estimate of drug-likeness (QED) is 0.821. The lowest BCUT2D eigenvalue weighted by Crippen LogP contribution is -2.35. The van der Waals surface area contributed by atoms with Crippen molar-refractivity contribution in [3.8, 4) is 0 Å². The summed E-state index contributed by atoms with van der Waals surface area (Å²) in [5, 5.41) is 9.08. The Bertz CT molecular complexity index is 540. The van der Waals surface area contributed by atoms with Gasteiger partial charge in [-0.25, -0.2) is 4.39 Å². The standard InChI is InChI=1S/C15H17ClFNO3/c1-3-18(9-10(2)15(20)21)14(19)8-7-11-12(16)5-4-6-13(11)17/h4-8,10H,3,9H2,1-2H3,(H,20,21). The topological polar surface area (TPSA) is 57.6 Å². The molecular formula is C15H17ClFNO3. The molecule has 6 heteroatoms. The van der Waals surface area contributed by atoms with Crippen LogP contribution in [-0.2, 0) is 9.59 Å². The molecule has 4 nitrogen and oxygen atoms in total. The van der Waals surface area contributed by atoms with Crippen LogP contribution in [0.15, 0.2) is 24.3 Å². The first-order valence-corrected chi connectivity index (χ1v) is 6.88. The van der Waals surface area contributed by atoms with Gasteiger partial charge in [-0.05, 0) is 25.1 Å². The fourth-order valence-electron chi connectivity index (χ4n) is 1.71. The molecule has 1 amide bonds. The van der Waals surface area contributed by atoms with Gasteiger partial charge in [0.2, 0.25) is 5.91 Å². The molecule has 1 aromatic carbocycles. The number of aliphatic carboxylic acids is 1. The smallest absolute Gasteiger partial charge is 0.308 e. The highest BCUT2D eigenvalue weighted by atomic mass is 35.5. The SMILES string of the molecule is CCN(CC(C)C(=O)O)C(=O)C=Cc1c(F)cccc1Cl. The fraction of sp³-hybridized carbons (Fsp3) is 0.333. The minimum atomic E-state index is -0.970. The van der Waals surface area contributed by atoms with E-state index in [0.717, 1.165) is 0 Å². The summed E-state index contributed by atoms with van der Waals surface area (Å²) in [4.78, 5) is 24.2. The summed E-state index contributed by atoms with van der Waals surface area (Å²) in [6, 6.07) is 4.25. The zero-order chi connectivity index (χ0) is 16.0. The van der Waals surface area contributed by atoms with Gasteiger partial charge in [0.15, 0.2) is 0 Å². The lowest BCUT2D eigenvalue weighted by Gasteiger charge is -2.21. The summed E-state index contributed by atoms with van der Waals surface area (Å²) in [5.74, 6) is -2.54. The molecule has 21 heavy (non-hydrogen) atoms. The molecule has 1 rings (SSSR count).